The highest BCUT2D eigenvalue weighted by Gasteiger charge is 2.31. The minimum Gasteiger partial charge on any atom is -0.494 e. The third-order valence-corrected chi connectivity index (χ3v) is 4.27. The standard InChI is InChI=1S/C17H11ClN2O2/c1-20-15-10(6-4-7-11(15)18)13(17(20)22)14-16(21)9-5-2-3-8-12(9)19-14/h2-8,22H,1H3. The highest BCUT2D eigenvalue weighted by molar-refractivity contribution is 6.57. The first kappa shape index (κ1) is 13.1. The summed E-state index contributed by atoms with van der Waals surface area (Å²) >= 11 is 6.22. The smallest absolute Gasteiger partial charge is 0.214 e. The molecule has 1 aliphatic rings. The van der Waals surface area contributed by atoms with Crippen LogP contribution in [-0.2, 0) is 7.05 Å². The Hall–Kier alpha value is -2.59. The van der Waals surface area contributed by atoms with Crippen LogP contribution in [0.3, 0.4) is 0 Å². The summed E-state index contributed by atoms with van der Waals surface area (Å²) in [5.41, 5.74) is 2.55. The van der Waals surface area contributed by atoms with E-state index in [-0.39, 0.29) is 17.4 Å². The van der Waals surface area contributed by atoms with Crippen molar-refractivity contribution in [1.29, 1.82) is 0 Å². The molecule has 22 heavy (non-hydrogen) atoms. The molecular weight excluding hydrogens is 300 g/mol. The highest BCUT2D eigenvalue weighted by Crippen LogP contribution is 2.38. The highest BCUT2D eigenvalue weighted by atomic mass is 35.5. The van der Waals surface area contributed by atoms with Crippen LogP contribution in [0.15, 0.2) is 47.5 Å². The lowest BCUT2D eigenvalue weighted by Crippen LogP contribution is -2.11. The molecule has 0 saturated carbocycles. The molecule has 1 aromatic heterocycles. The number of aromatic nitrogens is 1. The fraction of sp³-hybridized carbons (Fsp3) is 0.0588. The van der Waals surface area contributed by atoms with E-state index >= 15 is 0 Å². The summed E-state index contributed by atoms with van der Waals surface area (Å²) in [7, 11) is 1.71. The van der Waals surface area contributed by atoms with Gasteiger partial charge in [-0.05, 0) is 18.2 Å². The Balaban J connectivity index is 2.04. The van der Waals surface area contributed by atoms with E-state index in [2.05, 4.69) is 4.99 Å². The van der Waals surface area contributed by atoms with E-state index in [4.69, 9.17) is 11.6 Å². The third kappa shape index (κ3) is 1.58. The summed E-state index contributed by atoms with van der Waals surface area (Å²) in [5, 5.41) is 11.7. The number of hydrogen-bond acceptors (Lipinski definition) is 3. The number of aromatic hydroxyl groups is 1. The number of rotatable bonds is 1. The van der Waals surface area contributed by atoms with Crippen molar-refractivity contribution in [3.8, 4) is 5.88 Å². The van der Waals surface area contributed by atoms with Crippen LogP contribution in [0.4, 0.5) is 5.69 Å². The normalized spacial score (nSPS) is 13.5. The number of carbonyl (C=O) groups is 1. The van der Waals surface area contributed by atoms with Crippen molar-refractivity contribution in [2.24, 2.45) is 12.0 Å². The van der Waals surface area contributed by atoms with Gasteiger partial charge >= 0.3 is 0 Å². The summed E-state index contributed by atoms with van der Waals surface area (Å²) in [6.07, 6.45) is 0. The molecular formula is C17H11ClN2O2. The molecule has 2 heterocycles. The number of fused-ring (bicyclic) bond motifs is 2. The number of ketones is 1. The van der Waals surface area contributed by atoms with Crippen LogP contribution in [0.5, 0.6) is 5.88 Å². The Bertz CT molecular complexity index is 986. The Labute approximate surface area is 131 Å². The quantitative estimate of drug-likeness (QED) is 0.742. The van der Waals surface area contributed by atoms with Crippen LogP contribution < -0.4 is 0 Å². The van der Waals surface area contributed by atoms with Gasteiger partial charge in [0.15, 0.2) is 0 Å². The maximum atomic E-state index is 12.6. The number of carbonyl (C=O) groups excluding carboxylic acids is 1. The van der Waals surface area contributed by atoms with Gasteiger partial charge in [-0.1, -0.05) is 35.9 Å². The predicted molar refractivity (Wildman–Crippen MR) is 86.6 cm³/mol. The number of benzene rings is 2. The fourth-order valence-electron chi connectivity index (χ4n) is 2.92. The van der Waals surface area contributed by atoms with Crippen molar-refractivity contribution in [1.82, 2.24) is 4.57 Å². The average molecular weight is 311 g/mol. The minimum atomic E-state index is -0.182. The van der Waals surface area contributed by atoms with E-state index in [1.807, 2.05) is 12.1 Å². The van der Waals surface area contributed by atoms with Gasteiger partial charge in [-0.3, -0.25) is 4.79 Å². The van der Waals surface area contributed by atoms with Crippen LogP contribution in [0, 0.1) is 0 Å². The van der Waals surface area contributed by atoms with Gasteiger partial charge in [0, 0.05) is 18.0 Å². The second kappa shape index (κ2) is 4.45. The number of hydrogen-bond donors (Lipinski definition) is 1. The Morgan fingerprint density at radius 3 is 2.68 bits per heavy atom. The van der Waals surface area contributed by atoms with E-state index < -0.39 is 0 Å². The molecule has 4 nitrogen and oxygen atoms in total. The van der Waals surface area contributed by atoms with Gasteiger partial charge in [0.2, 0.25) is 11.7 Å². The van der Waals surface area contributed by atoms with Crippen molar-refractivity contribution < 1.29 is 9.90 Å². The van der Waals surface area contributed by atoms with Crippen molar-refractivity contribution >= 4 is 39.7 Å². The maximum Gasteiger partial charge on any atom is 0.214 e. The number of nitrogens with zero attached hydrogens (tertiary/aromatic N) is 2. The number of aliphatic imine (C=N–C) groups is 1. The Kier molecular flexibility index (Phi) is 2.65. The molecule has 0 bridgehead atoms. The maximum absolute atomic E-state index is 12.6. The van der Waals surface area contributed by atoms with Crippen LogP contribution in [-0.4, -0.2) is 21.2 Å². The summed E-state index contributed by atoms with van der Waals surface area (Å²) in [4.78, 5) is 17.0. The van der Waals surface area contributed by atoms with Gasteiger partial charge in [-0.2, -0.15) is 0 Å². The van der Waals surface area contributed by atoms with Crippen LogP contribution in [0.2, 0.25) is 5.02 Å². The van der Waals surface area contributed by atoms with Crippen LogP contribution in [0.25, 0.3) is 10.9 Å². The molecule has 4 rings (SSSR count). The molecule has 0 spiro atoms. The van der Waals surface area contributed by atoms with Gasteiger partial charge in [-0.15, -0.1) is 0 Å². The summed E-state index contributed by atoms with van der Waals surface area (Å²) in [6, 6.07) is 12.5. The molecule has 2 aromatic carbocycles. The zero-order valence-corrected chi connectivity index (χ0v) is 12.4. The molecule has 5 heteroatoms. The van der Waals surface area contributed by atoms with Crippen molar-refractivity contribution in [3.63, 3.8) is 0 Å². The van der Waals surface area contributed by atoms with Gasteiger partial charge in [0.05, 0.1) is 21.8 Å². The summed E-state index contributed by atoms with van der Waals surface area (Å²) in [6.45, 7) is 0. The molecule has 0 fully saturated rings. The van der Waals surface area contributed by atoms with E-state index in [0.29, 0.717) is 32.7 Å². The van der Waals surface area contributed by atoms with Gasteiger partial charge < -0.3 is 9.67 Å². The first-order chi connectivity index (χ1) is 10.6. The van der Waals surface area contributed by atoms with Crippen molar-refractivity contribution in [2.45, 2.75) is 0 Å². The van der Waals surface area contributed by atoms with Crippen LogP contribution in [0.1, 0.15) is 15.9 Å². The molecule has 0 saturated heterocycles. The SMILES string of the molecule is Cn1c(O)c(C2=Nc3ccccc3C2=O)c2cccc(Cl)c21. The summed E-state index contributed by atoms with van der Waals surface area (Å²) in [5.74, 6) is -0.193. The number of aryl methyl sites for hydroxylation is 1. The van der Waals surface area contributed by atoms with Gasteiger partial charge in [-0.25, -0.2) is 4.99 Å². The zero-order chi connectivity index (χ0) is 15.4. The molecule has 0 unspecified atom stereocenters. The largest absolute Gasteiger partial charge is 0.494 e. The number of halogens is 1. The van der Waals surface area contributed by atoms with Gasteiger partial charge in [0.25, 0.3) is 0 Å². The lowest BCUT2D eigenvalue weighted by Gasteiger charge is -1.99. The van der Waals surface area contributed by atoms with Crippen molar-refractivity contribution in [3.05, 3.63) is 58.6 Å². The second-order valence-electron chi connectivity index (χ2n) is 5.20. The first-order valence-corrected chi connectivity index (χ1v) is 7.16. The molecule has 0 aliphatic carbocycles. The monoisotopic (exact) mass is 310 g/mol. The Morgan fingerprint density at radius 2 is 1.91 bits per heavy atom. The third-order valence-electron chi connectivity index (χ3n) is 3.97. The van der Waals surface area contributed by atoms with E-state index in [0.717, 1.165) is 0 Å². The first-order valence-electron chi connectivity index (χ1n) is 6.78. The average Bonchev–Trinajstić information content (AvgIpc) is 2.97. The molecule has 108 valence electrons. The van der Waals surface area contributed by atoms with E-state index in [9.17, 15) is 9.90 Å². The van der Waals surface area contributed by atoms with E-state index in [1.54, 1.807) is 41.9 Å². The molecule has 0 atom stereocenters. The topological polar surface area (TPSA) is 54.6 Å². The number of Topliss-reactive ketones (excluding diaryl/α,β-unsaturated/α-hetero) is 1. The van der Waals surface area contributed by atoms with Crippen LogP contribution >= 0.6 is 11.6 Å². The minimum absolute atomic E-state index is 0.0111. The van der Waals surface area contributed by atoms with Crippen molar-refractivity contribution in [2.75, 3.05) is 0 Å². The van der Waals surface area contributed by atoms with Gasteiger partial charge in [0.1, 0.15) is 5.71 Å². The zero-order valence-electron chi connectivity index (χ0n) is 11.7. The fourth-order valence-corrected chi connectivity index (χ4v) is 3.22. The predicted octanol–water partition coefficient (Wildman–Crippen LogP) is 3.85. The Morgan fingerprint density at radius 1 is 1.14 bits per heavy atom. The summed E-state index contributed by atoms with van der Waals surface area (Å²) < 4.78 is 1.58. The molecule has 0 amide bonds. The molecule has 0 radical (unpaired) electrons. The van der Waals surface area contributed by atoms with E-state index in [1.165, 1.54) is 0 Å². The second-order valence-corrected chi connectivity index (χ2v) is 5.61. The lowest BCUT2D eigenvalue weighted by molar-refractivity contribution is 0.107. The molecule has 1 N–H and O–H groups in total. The molecule has 3 aromatic rings. The lowest BCUT2D eigenvalue weighted by atomic mass is 10.0. The molecule has 1 aliphatic heterocycles. The number of para-hydroxylation sites is 2.